The van der Waals surface area contributed by atoms with E-state index in [0.29, 0.717) is 0 Å². The van der Waals surface area contributed by atoms with Gasteiger partial charge in [0.15, 0.2) is 0 Å². The van der Waals surface area contributed by atoms with Gasteiger partial charge in [-0.05, 0) is 20.0 Å². The summed E-state index contributed by atoms with van der Waals surface area (Å²) in [6.45, 7) is 8.34. The van der Waals surface area contributed by atoms with Crippen molar-refractivity contribution < 1.29 is 0 Å². The molecular weight excluding hydrogens is 136 g/mol. The minimum atomic E-state index is 0. The second-order valence-electron chi connectivity index (χ2n) is 1.96. The SMILES string of the molecule is CCN(CC)C(C)N.Cl. The van der Waals surface area contributed by atoms with Crippen LogP contribution in [0.15, 0.2) is 0 Å². The molecule has 0 heterocycles. The Balaban J connectivity index is 0. The Bertz CT molecular complexity index is 53.0. The van der Waals surface area contributed by atoms with Crippen LogP contribution in [0.5, 0.6) is 0 Å². The van der Waals surface area contributed by atoms with E-state index in [-0.39, 0.29) is 18.6 Å². The molecule has 0 saturated heterocycles. The number of nitrogens with zero attached hydrogens (tertiary/aromatic N) is 1. The van der Waals surface area contributed by atoms with E-state index >= 15 is 0 Å². The fourth-order valence-electron chi connectivity index (χ4n) is 0.800. The lowest BCUT2D eigenvalue weighted by molar-refractivity contribution is 0.236. The summed E-state index contributed by atoms with van der Waals surface area (Å²) >= 11 is 0. The highest BCUT2D eigenvalue weighted by molar-refractivity contribution is 5.85. The molecule has 1 atom stereocenters. The van der Waals surface area contributed by atoms with E-state index in [1.165, 1.54) is 0 Å². The first-order valence-electron chi connectivity index (χ1n) is 3.22. The highest BCUT2D eigenvalue weighted by atomic mass is 35.5. The second kappa shape index (κ2) is 6.33. The van der Waals surface area contributed by atoms with Crippen molar-refractivity contribution in [1.29, 1.82) is 0 Å². The Morgan fingerprint density at radius 1 is 1.33 bits per heavy atom. The van der Waals surface area contributed by atoms with Crippen molar-refractivity contribution in [2.24, 2.45) is 5.73 Å². The average Bonchev–Trinajstić information content (AvgIpc) is 1.69. The molecule has 0 bridgehead atoms. The molecule has 0 radical (unpaired) electrons. The predicted molar refractivity (Wildman–Crippen MR) is 43.8 cm³/mol. The van der Waals surface area contributed by atoms with Crippen molar-refractivity contribution in [1.82, 2.24) is 4.90 Å². The molecule has 0 spiro atoms. The largest absolute Gasteiger partial charge is 0.316 e. The molecule has 0 fully saturated rings. The maximum absolute atomic E-state index is 5.58. The van der Waals surface area contributed by atoms with Crippen LogP contribution in [0.2, 0.25) is 0 Å². The van der Waals surface area contributed by atoms with Crippen molar-refractivity contribution in [3.8, 4) is 0 Å². The summed E-state index contributed by atoms with van der Waals surface area (Å²) in [5, 5.41) is 0. The predicted octanol–water partition coefficient (Wildman–Crippen LogP) is 1.05. The van der Waals surface area contributed by atoms with Gasteiger partial charge in [0.2, 0.25) is 0 Å². The quantitative estimate of drug-likeness (QED) is 0.613. The molecule has 58 valence electrons. The van der Waals surface area contributed by atoms with Gasteiger partial charge in [-0.15, -0.1) is 12.4 Å². The molecule has 0 aliphatic heterocycles. The summed E-state index contributed by atoms with van der Waals surface area (Å²) in [6.07, 6.45) is 0.213. The van der Waals surface area contributed by atoms with Crippen LogP contribution in [0.1, 0.15) is 20.8 Å². The molecule has 0 aromatic carbocycles. The Labute approximate surface area is 63.8 Å². The molecule has 0 aromatic heterocycles. The van der Waals surface area contributed by atoms with Crippen LogP contribution in [-0.4, -0.2) is 24.2 Å². The Hall–Kier alpha value is 0.210. The summed E-state index contributed by atoms with van der Waals surface area (Å²) in [5.74, 6) is 0. The third-order valence-electron chi connectivity index (χ3n) is 1.39. The molecule has 0 rings (SSSR count). The topological polar surface area (TPSA) is 29.3 Å². The molecule has 2 nitrogen and oxygen atoms in total. The molecule has 3 heteroatoms. The van der Waals surface area contributed by atoms with Gasteiger partial charge in [0.25, 0.3) is 0 Å². The van der Waals surface area contributed by atoms with E-state index in [4.69, 9.17) is 5.73 Å². The molecular formula is C6H17ClN2. The van der Waals surface area contributed by atoms with E-state index in [1.54, 1.807) is 0 Å². The van der Waals surface area contributed by atoms with Gasteiger partial charge in [-0.3, -0.25) is 4.90 Å². The maximum Gasteiger partial charge on any atom is 0.0542 e. The molecule has 2 N–H and O–H groups in total. The van der Waals surface area contributed by atoms with Crippen LogP contribution in [0, 0.1) is 0 Å². The van der Waals surface area contributed by atoms with Crippen molar-refractivity contribution >= 4 is 12.4 Å². The standard InChI is InChI=1S/C6H16N2.ClH/c1-4-8(5-2)6(3)7;/h6H,4-5,7H2,1-3H3;1H. The molecule has 0 amide bonds. The van der Waals surface area contributed by atoms with Crippen LogP contribution >= 0.6 is 12.4 Å². The molecule has 0 aromatic rings. The summed E-state index contributed by atoms with van der Waals surface area (Å²) in [4.78, 5) is 2.19. The monoisotopic (exact) mass is 152 g/mol. The maximum atomic E-state index is 5.58. The van der Waals surface area contributed by atoms with Crippen molar-refractivity contribution in [2.75, 3.05) is 13.1 Å². The third kappa shape index (κ3) is 4.70. The highest BCUT2D eigenvalue weighted by Gasteiger charge is 2.01. The normalized spacial score (nSPS) is 13.0. The summed E-state index contributed by atoms with van der Waals surface area (Å²) in [7, 11) is 0. The zero-order valence-corrected chi connectivity index (χ0v) is 7.24. The van der Waals surface area contributed by atoms with Crippen LogP contribution in [-0.2, 0) is 0 Å². The third-order valence-corrected chi connectivity index (χ3v) is 1.39. The fourth-order valence-corrected chi connectivity index (χ4v) is 0.800. The summed E-state index contributed by atoms with van der Waals surface area (Å²) in [6, 6.07) is 0. The number of hydrogen-bond donors (Lipinski definition) is 1. The lowest BCUT2D eigenvalue weighted by atomic mass is 10.4. The zero-order valence-electron chi connectivity index (χ0n) is 6.42. The van der Waals surface area contributed by atoms with Crippen LogP contribution in [0.4, 0.5) is 0 Å². The van der Waals surface area contributed by atoms with E-state index in [0.717, 1.165) is 13.1 Å². The second-order valence-corrected chi connectivity index (χ2v) is 1.96. The van der Waals surface area contributed by atoms with Crippen LogP contribution in [0.25, 0.3) is 0 Å². The Morgan fingerprint density at radius 2 is 1.67 bits per heavy atom. The number of nitrogens with two attached hydrogens (primary N) is 1. The molecule has 0 aliphatic rings. The number of hydrogen-bond acceptors (Lipinski definition) is 2. The van der Waals surface area contributed by atoms with Crippen molar-refractivity contribution in [2.45, 2.75) is 26.9 Å². The van der Waals surface area contributed by atoms with Gasteiger partial charge in [0.05, 0.1) is 6.17 Å². The molecule has 9 heavy (non-hydrogen) atoms. The minimum absolute atomic E-state index is 0. The fraction of sp³-hybridized carbons (Fsp3) is 1.00. The minimum Gasteiger partial charge on any atom is -0.316 e. The van der Waals surface area contributed by atoms with E-state index in [9.17, 15) is 0 Å². The van der Waals surface area contributed by atoms with E-state index < -0.39 is 0 Å². The average molecular weight is 153 g/mol. The summed E-state index contributed by atoms with van der Waals surface area (Å²) < 4.78 is 0. The van der Waals surface area contributed by atoms with Gasteiger partial charge < -0.3 is 5.73 Å². The first-order valence-corrected chi connectivity index (χ1v) is 3.22. The lowest BCUT2D eigenvalue weighted by Gasteiger charge is -2.21. The van der Waals surface area contributed by atoms with Crippen LogP contribution < -0.4 is 5.73 Å². The van der Waals surface area contributed by atoms with E-state index in [2.05, 4.69) is 18.7 Å². The van der Waals surface area contributed by atoms with Gasteiger partial charge in [0, 0.05) is 0 Å². The van der Waals surface area contributed by atoms with Gasteiger partial charge in [-0.25, -0.2) is 0 Å². The van der Waals surface area contributed by atoms with Crippen LogP contribution in [0.3, 0.4) is 0 Å². The first kappa shape index (κ1) is 11.9. The number of rotatable bonds is 3. The Morgan fingerprint density at radius 3 is 1.67 bits per heavy atom. The lowest BCUT2D eigenvalue weighted by Crippen LogP contribution is -2.39. The first-order chi connectivity index (χ1) is 3.72. The van der Waals surface area contributed by atoms with Gasteiger partial charge in [-0.1, -0.05) is 13.8 Å². The zero-order chi connectivity index (χ0) is 6.57. The van der Waals surface area contributed by atoms with E-state index in [1.807, 2.05) is 6.92 Å². The Kier molecular flexibility index (Phi) is 8.40. The smallest absolute Gasteiger partial charge is 0.0542 e. The van der Waals surface area contributed by atoms with Crippen molar-refractivity contribution in [3.63, 3.8) is 0 Å². The molecule has 1 unspecified atom stereocenters. The van der Waals surface area contributed by atoms with Crippen molar-refractivity contribution in [3.05, 3.63) is 0 Å². The molecule has 0 saturated carbocycles. The highest BCUT2D eigenvalue weighted by Crippen LogP contribution is 1.88. The summed E-state index contributed by atoms with van der Waals surface area (Å²) in [5.41, 5.74) is 5.58. The number of halogens is 1. The van der Waals surface area contributed by atoms with Gasteiger partial charge in [-0.2, -0.15) is 0 Å². The molecule has 0 aliphatic carbocycles. The van der Waals surface area contributed by atoms with Gasteiger partial charge >= 0.3 is 0 Å². The van der Waals surface area contributed by atoms with Gasteiger partial charge in [0.1, 0.15) is 0 Å².